The first kappa shape index (κ1) is 14.9. The van der Waals surface area contributed by atoms with Crippen LogP contribution in [0, 0.1) is 5.82 Å². The van der Waals surface area contributed by atoms with E-state index in [2.05, 4.69) is 26.1 Å². The molecule has 4 heteroatoms. The van der Waals surface area contributed by atoms with Crippen LogP contribution in [0.4, 0.5) is 4.39 Å². The van der Waals surface area contributed by atoms with Gasteiger partial charge in [0.15, 0.2) is 0 Å². The number of likely N-dealkylation sites (tertiary alicyclic amines) is 1. The zero-order valence-corrected chi connectivity index (χ0v) is 13.0. The van der Waals surface area contributed by atoms with Crippen LogP contribution < -0.4 is 5.32 Å². The topological polar surface area (TPSA) is 15.3 Å². The van der Waals surface area contributed by atoms with Crippen molar-refractivity contribution in [1.82, 2.24) is 10.2 Å². The molecular weight excluding hydrogens is 307 g/mol. The van der Waals surface area contributed by atoms with Crippen LogP contribution in [-0.4, -0.2) is 31.1 Å². The molecule has 1 N–H and O–H groups in total. The molecule has 0 spiro atoms. The van der Waals surface area contributed by atoms with Gasteiger partial charge in [-0.1, -0.05) is 22.0 Å². The third-order valence-electron chi connectivity index (χ3n) is 3.73. The van der Waals surface area contributed by atoms with Gasteiger partial charge in [-0.25, -0.2) is 4.39 Å². The molecule has 2 nitrogen and oxygen atoms in total. The lowest BCUT2D eigenvalue weighted by Gasteiger charge is -2.18. The molecule has 0 aromatic heterocycles. The Morgan fingerprint density at radius 2 is 2.11 bits per heavy atom. The number of nitrogens with one attached hydrogen (secondary N) is 1. The highest BCUT2D eigenvalue weighted by Crippen LogP contribution is 2.20. The van der Waals surface area contributed by atoms with E-state index in [1.807, 2.05) is 19.1 Å². The Morgan fingerprint density at radius 3 is 2.79 bits per heavy atom. The molecule has 0 radical (unpaired) electrons. The molecule has 1 heterocycles. The third-order valence-corrected chi connectivity index (χ3v) is 4.22. The lowest BCUT2D eigenvalue weighted by molar-refractivity contribution is 0.328. The Kier molecular flexibility index (Phi) is 5.79. The van der Waals surface area contributed by atoms with Gasteiger partial charge in [0.1, 0.15) is 5.82 Å². The average molecular weight is 329 g/mol. The van der Waals surface area contributed by atoms with Gasteiger partial charge in [-0.2, -0.15) is 0 Å². The van der Waals surface area contributed by atoms with Gasteiger partial charge in [0, 0.05) is 16.1 Å². The first-order chi connectivity index (χ1) is 9.16. The molecule has 2 rings (SSSR count). The second-order valence-electron chi connectivity index (χ2n) is 5.24. The summed E-state index contributed by atoms with van der Waals surface area (Å²) in [5.74, 6) is -0.145. The largest absolute Gasteiger partial charge is 0.310 e. The number of hydrogen-bond acceptors (Lipinski definition) is 2. The van der Waals surface area contributed by atoms with Crippen molar-refractivity contribution < 1.29 is 4.39 Å². The highest BCUT2D eigenvalue weighted by molar-refractivity contribution is 9.10. The zero-order valence-electron chi connectivity index (χ0n) is 11.5. The van der Waals surface area contributed by atoms with E-state index in [1.54, 1.807) is 0 Å². The fraction of sp³-hybridized carbons (Fsp3) is 0.600. The van der Waals surface area contributed by atoms with Crippen molar-refractivity contribution in [3.63, 3.8) is 0 Å². The molecule has 1 aromatic carbocycles. The lowest BCUT2D eigenvalue weighted by atomic mass is 10.1. The van der Waals surface area contributed by atoms with E-state index in [1.165, 1.54) is 32.0 Å². The molecule has 0 bridgehead atoms. The Balaban J connectivity index is 1.72. The number of hydrogen-bond donors (Lipinski definition) is 1. The molecular formula is C15H22BrFN2. The summed E-state index contributed by atoms with van der Waals surface area (Å²) in [5, 5.41) is 3.40. The van der Waals surface area contributed by atoms with Crippen molar-refractivity contribution in [1.29, 1.82) is 0 Å². The molecule has 1 unspecified atom stereocenters. The molecule has 1 fully saturated rings. The van der Waals surface area contributed by atoms with E-state index in [4.69, 9.17) is 0 Å². The maximum Gasteiger partial charge on any atom is 0.129 e. The molecule has 0 amide bonds. The molecule has 0 saturated carbocycles. The first-order valence-corrected chi connectivity index (χ1v) is 7.87. The van der Waals surface area contributed by atoms with Crippen LogP contribution in [0.1, 0.15) is 37.8 Å². The van der Waals surface area contributed by atoms with Gasteiger partial charge in [0.2, 0.25) is 0 Å². The number of benzene rings is 1. The van der Waals surface area contributed by atoms with Gasteiger partial charge >= 0.3 is 0 Å². The van der Waals surface area contributed by atoms with E-state index < -0.39 is 0 Å². The predicted octanol–water partition coefficient (Wildman–Crippen LogP) is 3.72. The standard InChI is InChI=1S/C15H22BrFN2/c1-12(14-6-5-13(16)11-15(14)17)18-7-4-10-19-8-2-3-9-19/h5-6,11-12,18H,2-4,7-10H2,1H3. The molecule has 1 aromatic rings. The summed E-state index contributed by atoms with van der Waals surface area (Å²) in [5.41, 5.74) is 0.740. The Hall–Kier alpha value is -0.450. The third kappa shape index (κ3) is 4.55. The Bertz CT molecular complexity index is 405. The summed E-state index contributed by atoms with van der Waals surface area (Å²) in [7, 11) is 0. The number of halogens is 2. The maximum absolute atomic E-state index is 13.8. The molecule has 1 atom stereocenters. The normalized spacial score (nSPS) is 17.8. The summed E-state index contributed by atoms with van der Waals surface area (Å²) in [6.07, 6.45) is 3.81. The van der Waals surface area contributed by atoms with Crippen LogP contribution in [0.25, 0.3) is 0 Å². The minimum absolute atomic E-state index is 0.0617. The van der Waals surface area contributed by atoms with Crippen molar-refractivity contribution in [3.05, 3.63) is 34.1 Å². The van der Waals surface area contributed by atoms with Crippen LogP contribution in [-0.2, 0) is 0 Å². The summed E-state index contributed by atoms with van der Waals surface area (Å²) in [6.45, 7) is 6.60. The summed E-state index contributed by atoms with van der Waals surface area (Å²) in [6, 6.07) is 5.32. The number of nitrogens with zero attached hydrogens (tertiary/aromatic N) is 1. The fourth-order valence-electron chi connectivity index (χ4n) is 2.59. The molecule has 19 heavy (non-hydrogen) atoms. The molecule has 1 saturated heterocycles. The van der Waals surface area contributed by atoms with Gasteiger partial charge in [-0.3, -0.25) is 0 Å². The van der Waals surface area contributed by atoms with Gasteiger partial charge in [0.05, 0.1) is 0 Å². The van der Waals surface area contributed by atoms with Gasteiger partial charge in [-0.15, -0.1) is 0 Å². The van der Waals surface area contributed by atoms with E-state index in [0.717, 1.165) is 29.5 Å². The second kappa shape index (κ2) is 7.36. The summed E-state index contributed by atoms with van der Waals surface area (Å²) in [4.78, 5) is 2.51. The van der Waals surface area contributed by atoms with Crippen molar-refractivity contribution >= 4 is 15.9 Å². The summed E-state index contributed by atoms with van der Waals surface area (Å²) < 4.78 is 14.6. The van der Waals surface area contributed by atoms with Crippen LogP contribution >= 0.6 is 15.9 Å². The molecule has 1 aliphatic heterocycles. The highest BCUT2D eigenvalue weighted by atomic mass is 79.9. The zero-order chi connectivity index (χ0) is 13.7. The lowest BCUT2D eigenvalue weighted by Crippen LogP contribution is -2.26. The van der Waals surface area contributed by atoms with Gasteiger partial charge < -0.3 is 10.2 Å². The quantitative estimate of drug-likeness (QED) is 0.800. The average Bonchev–Trinajstić information content (AvgIpc) is 2.87. The van der Waals surface area contributed by atoms with Crippen LogP contribution in [0.15, 0.2) is 22.7 Å². The monoisotopic (exact) mass is 328 g/mol. The SMILES string of the molecule is CC(NCCCN1CCCC1)c1ccc(Br)cc1F. The van der Waals surface area contributed by atoms with E-state index in [0.29, 0.717) is 0 Å². The van der Waals surface area contributed by atoms with Crippen LogP contribution in [0.5, 0.6) is 0 Å². The Morgan fingerprint density at radius 1 is 1.37 bits per heavy atom. The minimum atomic E-state index is -0.145. The molecule has 0 aliphatic carbocycles. The summed E-state index contributed by atoms with van der Waals surface area (Å²) >= 11 is 3.28. The molecule has 1 aliphatic rings. The van der Waals surface area contributed by atoms with Gasteiger partial charge in [0.25, 0.3) is 0 Å². The van der Waals surface area contributed by atoms with Crippen LogP contribution in [0.3, 0.4) is 0 Å². The van der Waals surface area contributed by atoms with E-state index in [9.17, 15) is 4.39 Å². The van der Waals surface area contributed by atoms with Crippen molar-refractivity contribution in [2.75, 3.05) is 26.2 Å². The first-order valence-electron chi connectivity index (χ1n) is 7.07. The number of rotatable bonds is 6. The van der Waals surface area contributed by atoms with E-state index >= 15 is 0 Å². The van der Waals surface area contributed by atoms with Crippen molar-refractivity contribution in [2.24, 2.45) is 0 Å². The predicted molar refractivity (Wildman–Crippen MR) is 80.8 cm³/mol. The smallest absolute Gasteiger partial charge is 0.129 e. The molecule has 106 valence electrons. The second-order valence-corrected chi connectivity index (χ2v) is 6.16. The maximum atomic E-state index is 13.8. The van der Waals surface area contributed by atoms with Crippen molar-refractivity contribution in [2.45, 2.75) is 32.2 Å². The minimum Gasteiger partial charge on any atom is -0.310 e. The van der Waals surface area contributed by atoms with E-state index in [-0.39, 0.29) is 11.9 Å². The van der Waals surface area contributed by atoms with Gasteiger partial charge in [-0.05, 0) is 64.5 Å². The highest BCUT2D eigenvalue weighted by Gasteiger charge is 2.12. The fourth-order valence-corrected chi connectivity index (χ4v) is 2.92. The van der Waals surface area contributed by atoms with Crippen molar-refractivity contribution in [3.8, 4) is 0 Å². The van der Waals surface area contributed by atoms with Crippen LogP contribution in [0.2, 0.25) is 0 Å². The Labute approximate surface area is 123 Å².